The van der Waals surface area contributed by atoms with Gasteiger partial charge in [-0.3, -0.25) is 4.68 Å². The average molecular weight is 268 g/mol. The number of benzene rings is 1. The molecule has 2 nitrogen and oxygen atoms in total. The molecule has 2 aromatic rings. The molecule has 20 heavy (non-hydrogen) atoms. The van der Waals surface area contributed by atoms with Crippen LogP contribution >= 0.6 is 0 Å². The zero-order valence-corrected chi connectivity index (χ0v) is 12.1. The minimum atomic E-state index is 0.671. The van der Waals surface area contributed by atoms with Crippen LogP contribution in [0.1, 0.15) is 44.1 Å². The SMILES string of the molecule is c1ccc(CN(C2CCCCCC2)n2cccc2)cc1. The van der Waals surface area contributed by atoms with Crippen molar-refractivity contribution in [2.45, 2.75) is 51.1 Å². The lowest BCUT2D eigenvalue weighted by Crippen LogP contribution is -2.42. The molecule has 1 heterocycles. The number of aromatic nitrogens is 1. The second-order valence-corrected chi connectivity index (χ2v) is 5.79. The molecule has 3 rings (SSSR count). The molecular formula is C18H24N2. The summed E-state index contributed by atoms with van der Waals surface area (Å²) < 4.78 is 2.28. The van der Waals surface area contributed by atoms with Gasteiger partial charge >= 0.3 is 0 Å². The maximum Gasteiger partial charge on any atom is 0.0597 e. The van der Waals surface area contributed by atoms with E-state index in [0.717, 1.165) is 6.54 Å². The lowest BCUT2D eigenvalue weighted by atomic mass is 10.1. The van der Waals surface area contributed by atoms with Crippen LogP contribution in [-0.2, 0) is 6.54 Å². The van der Waals surface area contributed by atoms with Gasteiger partial charge in [-0.15, -0.1) is 0 Å². The van der Waals surface area contributed by atoms with Gasteiger partial charge in [-0.2, -0.15) is 0 Å². The van der Waals surface area contributed by atoms with Crippen molar-refractivity contribution in [3.63, 3.8) is 0 Å². The summed E-state index contributed by atoms with van der Waals surface area (Å²) >= 11 is 0. The number of nitrogens with zero attached hydrogens (tertiary/aromatic N) is 2. The first-order valence-corrected chi connectivity index (χ1v) is 7.87. The minimum Gasteiger partial charge on any atom is -0.306 e. The summed E-state index contributed by atoms with van der Waals surface area (Å²) in [6, 6.07) is 15.7. The molecule has 1 aromatic carbocycles. The van der Waals surface area contributed by atoms with E-state index in [0.29, 0.717) is 6.04 Å². The third-order valence-electron chi connectivity index (χ3n) is 4.32. The fourth-order valence-electron chi connectivity index (χ4n) is 3.22. The van der Waals surface area contributed by atoms with Crippen molar-refractivity contribution >= 4 is 0 Å². The molecule has 0 amide bonds. The number of rotatable bonds is 4. The molecule has 0 radical (unpaired) electrons. The molecule has 0 bridgehead atoms. The Labute approximate surface area is 122 Å². The molecule has 0 aliphatic heterocycles. The highest BCUT2D eigenvalue weighted by atomic mass is 15.5. The van der Waals surface area contributed by atoms with Gasteiger partial charge in [-0.25, -0.2) is 0 Å². The third-order valence-corrected chi connectivity index (χ3v) is 4.32. The van der Waals surface area contributed by atoms with E-state index in [1.807, 2.05) is 0 Å². The first kappa shape index (κ1) is 13.3. The lowest BCUT2D eigenvalue weighted by molar-refractivity contribution is 0.427. The lowest BCUT2D eigenvalue weighted by Gasteiger charge is -2.34. The second-order valence-electron chi connectivity index (χ2n) is 5.79. The Hall–Kier alpha value is -1.70. The van der Waals surface area contributed by atoms with Crippen LogP contribution in [0, 0.1) is 0 Å². The van der Waals surface area contributed by atoms with Crippen LogP contribution in [0.2, 0.25) is 0 Å². The fraction of sp³-hybridized carbons (Fsp3) is 0.444. The molecule has 0 atom stereocenters. The molecule has 1 fully saturated rings. The van der Waals surface area contributed by atoms with Crippen molar-refractivity contribution in [1.29, 1.82) is 0 Å². The Kier molecular flexibility index (Phi) is 4.42. The summed E-state index contributed by atoms with van der Waals surface area (Å²) in [5.41, 5.74) is 1.39. The molecule has 106 valence electrons. The van der Waals surface area contributed by atoms with E-state index in [4.69, 9.17) is 0 Å². The standard InChI is InChI=1S/C18H24N2/c1-2-7-13-18(12-6-1)20(19-14-8-9-15-19)16-17-10-4-3-5-11-17/h3-5,8-11,14-15,18H,1-2,6-7,12-13,16H2. The Morgan fingerprint density at radius 1 is 0.850 bits per heavy atom. The highest BCUT2D eigenvalue weighted by Gasteiger charge is 2.20. The zero-order valence-electron chi connectivity index (χ0n) is 12.1. The van der Waals surface area contributed by atoms with Crippen LogP contribution in [0.15, 0.2) is 54.9 Å². The number of hydrogen-bond donors (Lipinski definition) is 0. The smallest absolute Gasteiger partial charge is 0.0597 e. The van der Waals surface area contributed by atoms with E-state index in [1.54, 1.807) is 0 Å². The van der Waals surface area contributed by atoms with Crippen LogP contribution < -0.4 is 5.01 Å². The molecular weight excluding hydrogens is 244 g/mol. The topological polar surface area (TPSA) is 8.17 Å². The van der Waals surface area contributed by atoms with E-state index in [-0.39, 0.29) is 0 Å². The van der Waals surface area contributed by atoms with Crippen molar-refractivity contribution in [1.82, 2.24) is 4.68 Å². The molecule has 2 heteroatoms. The molecule has 0 spiro atoms. The van der Waals surface area contributed by atoms with E-state index in [2.05, 4.69) is 64.5 Å². The summed E-state index contributed by atoms with van der Waals surface area (Å²) in [4.78, 5) is 0. The number of hydrogen-bond acceptors (Lipinski definition) is 1. The van der Waals surface area contributed by atoms with Gasteiger partial charge < -0.3 is 5.01 Å². The van der Waals surface area contributed by atoms with Crippen molar-refractivity contribution in [3.05, 3.63) is 60.4 Å². The first-order chi connectivity index (χ1) is 9.93. The van der Waals surface area contributed by atoms with E-state index in [9.17, 15) is 0 Å². The largest absolute Gasteiger partial charge is 0.306 e. The highest BCUT2D eigenvalue weighted by molar-refractivity contribution is 5.18. The van der Waals surface area contributed by atoms with Crippen LogP contribution in [0.3, 0.4) is 0 Å². The fourth-order valence-corrected chi connectivity index (χ4v) is 3.22. The van der Waals surface area contributed by atoms with E-state index in [1.165, 1.54) is 44.1 Å². The van der Waals surface area contributed by atoms with E-state index >= 15 is 0 Å². The summed E-state index contributed by atoms with van der Waals surface area (Å²) in [7, 11) is 0. The average Bonchev–Trinajstić information content (AvgIpc) is 2.88. The van der Waals surface area contributed by atoms with Gasteiger partial charge in [0.2, 0.25) is 0 Å². The highest BCUT2D eigenvalue weighted by Crippen LogP contribution is 2.22. The van der Waals surface area contributed by atoms with Crippen molar-refractivity contribution in [2.24, 2.45) is 0 Å². The normalized spacial score (nSPS) is 16.8. The summed E-state index contributed by atoms with van der Waals surface area (Å²) in [6.45, 7) is 1.00. The van der Waals surface area contributed by atoms with Crippen LogP contribution in [0.25, 0.3) is 0 Å². The van der Waals surface area contributed by atoms with Crippen molar-refractivity contribution in [2.75, 3.05) is 5.01 Å². The predicted molar refractivity (Wildman–Crippen MR) is 84.3 cm³/mol. The molecule has 0 N–H and O–H groups in total. The van der Waals surface area contributed by atoms with Crippen molar-refractivity contribution < 1.29 is 0 Å². The Morgan fingerprint density at radius 2 is 1.50 bits per heavy atom. The molecule has 1 aliphatic rings. The Morgan fingerprint density at radius 3 is 2.15 bits per heavy atom. The van der Waals surface area contributed by atoms with Gasteiger partial charge in [0, 0.05) is 18.4 Å². The van der Waals surface area contributed by atoms with Gasteiger partial charge in [0.15, 0.2) is 0 Å². The molecule has 1 aliphatic carbocycles. The molecule has 1 aromatic heterocycles. The van der Waals surface area contributed by atoms with Gasteiger partial charge in [0.05, 0.1) is 6.54 Å². The molecule has 1 saturated carbocycles. The molecule has 0 saturated heterocycles. The monoisotopic (exact) mass is 268 g/mol. The minimum absolute atomic E-state index is 0.671. The first-order valence-electron chi connectivity index (χ1n) is 7.87. The maximum atomic E-state index is 2.54. The maximum absolute atomic E-state index is 2.54. The van der Waals surface area contributed by atoms with Gasteiger partial charge in [-0.05, 0) is 30.5 Å². The van der Waals surface area contributed by atoms with E-state index < -0.39 is 0 Å². The third kappa shape index (κ3) is 3.24. The Balaban J connectivity index is 1.80. The predicted octanol–water partition coefficient (Wildman–Crippen LogP) is 4.35. The summed E-state index contributed by atoms with van der Waals surface area (Å²) in [6.07, 6.45) is 12.6. The molecule has 0 unspecified atom stereocenters. The van der Waals surface area contributed by atoms with Crippen LogP contribution in [-0.4, -0.2) is 10.7 Å². The van der Waals surface area contributed by atoms with Crippen LogP contribution in [0.5, 0.6) is 0 Å². The van der Waals surface area contributed by atoms with Gasteiger partial charge in [0.25, 0.3) is 0 Å². The van der Waals surface area contributed by atoms with Crippen LogP contribution in [0.4, 0.5) is 0 Å². The quantitative estimate of drug-likeness (QED) is 0.748. The van der Waals surface area contributed by atoms with Gasteiger partial charge in [-0.1, -0.05) is 56.0 Å². The zero-order chi connectivity index (χ0) is 13.6. The van der Waals surface area contributed by atoms with Gasteiger partial charge in [0.1, 0.15) is 0 Å². The Bertz CT molecular complexity index is 481. The summed E-state index contributed by atoms with van der Waals surface area (Å²) in [5, 5.41) is 2.54. The second kappa shape index (κ2) is 6.65. The summed E-state index contributed by atoms with van der Waals surface area (Å²) in [5.74, 6) is 0. The van der Waals surface area contributed by atoms with Crippen molar-refractivity contribution in [3.8, 4) is 0 Å².